The Morgan fingerprint density at radius 2 is 1.80 bits per heavy atom. The Balaban J connectivity index is 2.21. The number of fused-ring (bicyclic) bond motifs is 1. The Kier molecular flexibility index (Phi) is 6.74. The third kappa shape index (κ3) is 4.18. The summed E-state index contributed by atoms with van der Waals surface area (Å²) in [4.78, 5) is 25.5. The van der Waals surface area contributed by atoms with Crippen molar-refractivity contribution >= 4 is 46.0 Å². The van der Waals surface area contributed by atoms with E-state index in [-0.39, 0.29) is 16.7 Å². The molecule has 0 saturated heterocycles. The van der Waals surface area contributed by atoms with Crippen molar-refractivity contribution in [3.8, 4) is 5.75 Å². The fourth-order valence-corrected chi connectivity index (χ4v) is 4.18. The molecule has 1 heterocycles. The quantitative estimate of drug-likeness (QED) is 0.410. The van der Waals surface area contributed by atoms with Crippen molar-refractivity contribution in [3.05, 3.63) is 63.3 Å². The number of halogens is 2. The van der Waals surface area contributed by atoms with Crippen LogP contribution in [-0.2, 0) is 4.79 Å². The second kappa shape index (κ2) is 9.11. The van der Waals surface area contributed by atoms with Gasteiger partial charge >= 0.3 is 5.97 Å². The molecule has 0 fully saturated rings. The van der Waals surface area contributed by atoms with Crippen LogP contribution >= 0.6 is 23.2 Å². The molecule has 30 heavy (non-hydrogen) atoms. The fraction of sp³-hybridized carbons (Fsp3) is 0.304. The number of carbonyl (C=O) groups is 2. The molecule has 0 saturated carbocycles. The predicted octanol–water partition coefficient (Wildman–Crippen LogP) is 6.40. The summed E-state index contributed by atoms with van der Waals surface area (Å²) >= 11 is 12.1. The van der Waals surface area contributed by atoms with E-state index < -0.39 is 11.9 Å². The second-order valence-electron chi connectivity index (χ2n) is 7.36. The number of nitrogens with zero attached hydrogens (tertiary/aromatic N) is 1. The van der Waals surface area contributed by atoms with Crippen LogP contribution in [0.5, 0.6) is 5.75 Å². The van der Waals surface area contributed by atoms with Gasteiger partial charge in [0.1, 0.15) is 5.75 Å². The Morgan fingerprint density at radius 3 is 2.43 bits per heavy atom. The van der Waals surface area contributed by atoms with Gasteiger partial charge in [-0.3, -0.25) is 14.2 Å². The zero-order chi connectivity index (χ0) is 22.0. The van der Waals surface area contributed by atoms with E-state index in [1.54, 1.807) is 25.1 Å². The summed E-state index contributed by atoms with van der Waals surface area (Å²) in [6.07, 6.45) is 3.12. The number of phenols is 1. The molecular formula is C23H23Cl2NO4. The summed E-state index contributed by atoms with van der Waals surface area (Å²) in [5.41, 5.74) is 1.97. The average Bonchev–Trinajstić information content (AvgIpc) is 2.97. The van der Waals surface area contributed by atoms with Crippen LogP contribution in [0.4, 0.5) is 0 Å². The second-order valence-corrected chi connectivity index (χ2v) is 8.17. The van der Waals surface area contributed by atoms with Crippen LogP contribution in [0.1, 0.15) is 60.1 Å². The number of benzene rings is 2. The number of phenolic OH excluding ortho intramolecular Hbond substituents is 1. The van der Waals surface area contributed by atoms with E-state index in [0.29, 0.717) is 39.2 Å². The van der Waals surface area contributed by atoms with Crippen molar-refractivity contribution in [2.75, 3.05) is 0 Å². The highest BCUT2D eigenvalue weighted by atomic mass is 35.5. The van der Waals surface area contributed by atoms with Gasteiger partial charge in [0, 0.05) is 16.6 Å². The number of hydrogen-bond donors (Lipinski definition) is 2. The Labute approximate surface area is 184 Å². The topological polar surface area (TPSA) is 79.5 Å². The molecule has 1 unspecified atom stereocenters. The lowest BCUT2D eigenvalue weighted by molar-refractivity contribution is -0.139. The highest BCUT2D eigenvalue weighted by molar-refractivity contribution is 6.42. The van der Waals surface area contributed by atoms with Crippen molar-refractivity contribution in [2.24, 2.45) is 0 Å². The number of carboxylic acid groups (broad SMARTS) is 1. The normalized spacial score (nSPS) is 12.3. The van der Waals surface area contributed by atoms with Gasteiger partial charge in [0.05, 0.1) is 21.5 Å². The van der Waals surface area contributed by atoms with E-state index in [4.69, 9.17) is 23.2 Å². The first-order valence-electron chi connectivity index (χ1n) is 9.82. The van der Waals surface area contributed by atoms with Crippen LogP contribution in [0, 0.1) is 6.92 Å². The molecular weight excluding hydrogens is 425 g/mol. The van der Waals surface area contributed by atoms with Gasteiger partial charge in [0.25, 0.3) is 5.91 Å². The number of aliphatic carboxylic acids is 1. The van der Waals surface area contributed by atoms with Gasteiger partial charge in [-0.15, -0.1) is 0 Å². The number of aromatic hydroxyl groups is 1. The smallest absolute Gasteiger partial charge is 0.311 e. The van der Waals surface area contributed by atoms with Gasteiger partial charge in [-0.25, -0.2) is 0 Å². The first-order chi connectivity index (χ1) is 14.3. The number of aromatic nitrogens is 1. The van der Waals surface area contributed by atoms with Crippen LogP contribution in [0.2, 0.25) is 10.0 Å². The zero-order valence-electron chi connectivity index (χ0n) is 16.8. The van der Waals surface area contributed by atoms with Crippen LogP contribution in [-0.4, -0.2) is 26.7 Å². The van der Waals surface area contributed by atoms with Gasteiger partial charge in [0.2, 0.25) is 0 Å². The van der Waals surface area contributed by atoms with E-state index in [1.807, 2.05) is 0 Å². The minimum absolute atomic E-state index is 0.0144. The van der Waals surface area contributed by atoms with Gasteiger partial charge in [-0.1, -0.05) is 49.4 Å². The summed E-state index contributed by atoms with van der Waals surface area (Å²) in [5, 5.41) is 21.1. The molecule has 7 heteroatoms. The Morgan fingerprint density at radius 1 is 1.07 bits per heavy atom. The molecule has 2 N–H and O–H groups in total. The largest absolute Gasteiger partial charge is 0.508 e. The molecule has 1 atom stereocenters. The third-order valence-corrected chi connectivity index (χ3v) is 6.09. The fourth-order valence-electron chi connectivity index (χ4n) is 3.88. The summed E-state index contributed by atoms with van der Waals surface area (Å²) in [7, 11) is 0. The summed E-state index contributed by atoms with van der Waals surface area (Å²) < 4.78 is 1.49. The highest BCUT2D eigenvalue weighted by Crippen LogP contribution is 2.37. The number of unbranched alkanes of at least 4 members (excludes halogenated alkanes) is 2. The van der Waals surface area contributed by atoms with Gasteiger partial charge in [-0.05, 0) is 55.3 Å². The van der Waals surface area contributed by atoms with Gasteiger partial charge < -0.3 is 10.2 Å². The first kappa shape index (κ1) is 22.2. The number of carboxylic acids is 1. The molecule has 1 aromatic heterocycles. The highest BCUT2D eigenvalue weighted by Gasteiger charge is 2.29. The standard InChI is InChI=1S/C23H23Cl2NO4/c1-3-4-5-6-16(23(29)30)21-13(2)26(20-10-8-15(27)12-17(20)21)22(28)14-7-9-18(24)19(25)11-14/h7-12,16,27H,3-6H2,1-2H3,(H,29,30). The first-order valence-corrected chi connectivity index (χ1v) is 10.6. The molecule has 2 aromatic carbocycles. The zero-order valence-corrected chi connectivity index (χ0v) is 18.3. The molecule has 0 aliphatic carbocycles. The lowest BCUT2D eigenvalue weighted by Gasteiger charge is -2.14. The van der Waals surface area contributed by atoms with Crippen molar-refractivity contribution in [1.82, 2.24) is 4.57 Å². The molecule has 158 valence electrons. The van der Waals surface area contributed by atoms with Gasteiger partial charge in [0.15, 0.2) is 0 Å². The minimum Gasteiger partial charge on any atom is -0.508 e. The Hall–Kier alpha value is -2.50. The molecule has 0 bridgehead atoms. The summed E-state index contributed by atoms with van der Waals surface area (Å²) in [5.74, 6) is -2.05. The predicted molar refractivity (Wildman–Crippen MR) is 119 cm³/mol. The Bertz CT molecular complexity index is 1120. The summed E-state index contributed by atoms with van der Waals surface area (Å²) in [6.45, 7) is 3.79. The van der Waals surface area contributed by atoms with E-state index >= 15 is 0 Å². The third-order valence-electron chi connectivity index (χ3n) is 5.35. The minimum atomic E-state index is -0.946. The molecule has 0 amide bonds. The number of hydrogen-bond acceptors (Lipinski definition) is 3. The monoisotopic (exact) mass is 447 g/mol. The van der Waals surface area contributed by atoms with E-state index in [1.165, 1.54) is 22.8 Å². The van der Waals surface area contributed by atoms with Crippen LogP contribution < -0.4 is 0 Å². The van der Waals surface area contributed by atoms with Crippen molar-refractivity contribution in [2.45, 2.75) is 45.4 Å². The van der Waals surface area contributed by atoms with Crippen molar-refractivity contribution in [1.29, 1.82) is 0 Å². The molecule has 0 spiro atoms. The maximum absolute atomic E-state index is 13.3. The van der Waals surface area contributed by atoms with E-state index in [2.05, 4.69) is 6.92 Å². The van der Waals surface area contributed by atoms with E-state index in [9.17, 15) is 19.8 Å². The number of carbonyl (C=O) groups excluding carboxylic acids is 1. The molecule has 3 rings (SSSR count). The van der Waals surface area contributed by atoms with Gasteiger partial charge in [-0.2, -0.15) is 0 Å². The number of rotatable bonds is 7. The van der Waals surface area contributed by atoms with Crippen molar-refractivity contribution in [3.63, 3.8) is 0 Å². The maximum atomic E-state index is 13.3. The maximum Gasteiger partial charge on any atom is 0.311 e. The molecule has 3 aromatic rings. The molecule has 5 nitrogen and oxygen atoms in total. The molecule has 0 radical (unpaired) electrons. The lowest BCUT2D eigenvalue weighted by Crippen LogP contribution is -2.16. The van der Waals surface area contributed by atoms with Crippen LogP contribution in [0.15, 0.2) is 36.4 Å². The average molecular weight is 448 g/mol. The summed E-state index contributed by atoms with van der Waals surface area (Å²) in [6, 6.07) is 9.26. The lowest BCUT2D eigenvalue weighted by atomic mass is 9.91. The molecule has 0 aliphatic rings. The van der Waals surface area contributed by atoms with Crippen LogP contribution in [0.25, 0.3) is 10.9 Å². The SMILES string of the molecule is CCCCCC(C(=O)O)c1c(C)n(C(=O)c2ccc(Cl)c(Cl)c2)c2ccc(O)cc12. The van der Waals surface area contributed by atoms with E-state index in [0.717, 1.165) is 19.3 Å². The van der Waals surface area contributed by atoms with Crippen molar-refractivity contribution < 1.29 is 19.8 Å². The van der Waals surface area contributed by atoms with Crippen LogP contribution in [0.3, 0.4) is 0 Å². The molecule has 0 aliphatic heterocycles.